The highest BCUT2D eigenvalue weighted by atomic mass is 16.5. The van der Waals surface area contributed by atoms with Crippen LogP contribution in [0.25, 0.3) is 10.8 Å². The number of esters is 1. The van der Waals surface area contributed by atoms with Gasteiger partial charge in [-0.2, -0.15) is 0 Å². The van der Waals surface area contributed by atoms with Crippen LogP contribution in [0.2, 0.25) is 0 Å². The first-order valence-corrected chi connectivity index (χ1v) is 10.5. The van der Waals surface area contributed by atoms with Crippen molar-refractivity contribution in [2.24, 2.45) is 23.7 Å². The maximum atomic E-state index is 13.0. The number of fused-ring (bicyclic) bond motifs is 6. The smallest absolute Gasteiger partial charge is 0.343 e. The number of allylic oxidation sites excluding steroid dienone is 2. The number of hydrogen-bond donors (Lipinski definition) is 0. The summed E-state index contributed by atoms with van der Waals surface area (Å²) in [6, 6.07) is 19.9. The van der Waals surface area contributed by atoms with Crippen LogP contribution >= 0.6 is 0 Å². The van der Waals surface area contributed by atoms with Crippen LogP contribution in [0.5, 0.6) is 5.75 Å². The summed E-state index contributed by atoms with van der Waals surface area (Å²) in [5.41, 5.74) is 0.723. The zero-order valence-corrected chi connectivity index (χ0v) is 16.6. The van der Waals surface area contributed by atoms with Crippen molar-refractivity contribution in [1.29, 1.82) is 0 Å². The Morgan fingerprint density at radius 1 is 0.806 bits per heavy atom. The molecule has 1 saturated heterocycles. The van der Waals surface area contributed by atoms with Gasteiger partial charge in [-0.25, -0.2) is 9.69 Å². The lowest BCUT2D eigenvalue weighted by Crippen LogP contribution is -2.33. The molecule has 5 nitrogen and oxygen atoms in total. The van der Waals surface area contributed by atoms with Crippen LogP contribution in [0.4, 0.5) is 5.69 Å². The molecule has 0 aromatic heterocycles. The summed E-state index contributed by atoms with van der Waals surface area (Å²) in [6.07, 6.45) is 5.02. The molecule has 0 N–H and O–H groups in total. The SMILES string of the molecule is O=C(Oc1ccc2ccccc2c1)c1cccc(N2C(=O)[C@@H]3[C@H](C2=O)[C@H]2C=C[C@@H]3C2)c1. The summed E-state index contributed by atoms with van der Waals surface area (Å²) in [5.74, 6) is -0.641. The molecule has 6 rings (SSSR count). The molecule has 5 heteroatoms. The number of ether oxygens (including phenoxy) is 1. The van der Waals surface area contributed by atoms with Gasteiger partial charge >= 0.3 is 5.97 Å². The molecule has 152 valence electrons. The van der Waals surface area contributed by atoms with E-state index in [-0.39, 0.29) is 35.5 Å². The molecule has 3 aromatic rings. The fraction of sp³-hybridized carbons (Fsp3) is 0.192. The third-order valence-corrected chi connectivity index (χ3v) is 6.74. The standard InChI is InChI=1S/C26H19NO4/c28-24-22-17-8-9-18(12-17)23(22)25(29)27(24)20-7-3-6-19(13-20)26(30)31-21-11-10-15-4-1-2-5-16(15)14-21/h1-11,13-14,17-18,22-23H,12H2/t17-,18+,22+,23-. The fourth-order valence-corrected chi connectivity index (χ4v) is 5.33. The number of carbonyl (C=O) groups excluding carboxylic acids is 3. The Morgan fingerprint density at radius 2 is 1.52 bits per heavy atom. The fourth-order valence-electron chi connectivity index (χ4n) is 5.33. The van der Waals surface area contributed by atoms with Gasteiger partial charge in [0.2, 0.25) is 11.8 Å². The number of nitrogens with zero attached hydrogens (tertiary/aromatic N) is 1. The highest BCUT2D eigenvalue weighted by Crippen LogP contribution is 2.53. The molecule has 0 spiro atoms. The number of carbonyl (C=O) groups is 3. The highest BCUT2D eigenvalue weighted by molar-refractivity contribution is 6.23. The van der Waals surface area contributed by atoms with Crippen molar-refractivity contribution >= 4 is 34.2 Å². The lowest BCUT2D eigenvalue weighted by Gasteiger charge is -2.18. The molecule has 3 aromatic carbocycles. The first-order valence-electron chi connectivity index (χ1n) is 10.5. The number of imide groups is 1. The third kappa shape index (κ3) is 2.73. The van der Waals surface area contributed by atoms with Gasteiger partial charge in [0.15, 0.2) is 0 Å². The second-order valence-electron chi connectivity index (χ2n) is 8.46. The molecule has 31 heavy (non-hydrogen) atoms. The maximum absolute atomic E-state index is 13.0. The molecule has 4 atom stereocenters. The van der Waals surface area contributed by atoms with E-state index in [2.05, 4.69) is 12.2 Å². The van der Waals surface area contributed by atoms with Gasteiger partial charge in [0.05, 0.1) is 23.1 Å². The number of amides is 2. The molecule has 2 amide bonds. The summed E-state index contributed by atoms with van der Waals surface area (Å²) in [7, 11) is 0. The Balaban J connectivity index is 1.26. The van der Waals surface area contributed by atoms with Crippen molar-refractivity contribution in [2.45, 2.75) is 6.42 Å². The van der Waals surface area contributed by atoms with Crippen LogP contribution in [0.3, 0.4) is 0 Å². The largest absolute Gasteiger partial charge is 0.423 e. The minimum Gasteiger partial charge on any atom is -0.423 e. The number of hydrogen-bond acceptors (Lipinski definition) is 4. The molecule has 0 radical (unpaired) electrons. The van der Waals surface area contributed by atoms with Crippen molar-refractivity contribution in [3.8, 4) is 5.75 Å². The molecule has 1 heterocycles. The van der Waals surface area contributed by atoms with Crippen LogP contribution in [0.1, 0.15) is 16.8 Å². The van der Waals surface area contributed by atoms with Crippen LogP contribution in [-0.2, 0) is 9.59 Å². The molecular weight excluding hydrogens is 390 g/mol. The number of anilines is 1. The van der Waals surface area contributed by atoms with Crippen LogP contribution < -0.4 is 9.64 Å². The van der Waals surface area contributed by atoms with E-state index in [4.69, 9.17) is 4.74 Å². The van der Waals surface area contributed by atoms with Gasteiger partial charge in [0.1, 0.15) is 5.75 Å². The minimum absolute atomic E-state index is 0.150. The first kappa shape index (κ1) is 18.1. The van der Waals surface area contributed by atoms with E-state index < -0.39 is 5.97 Å². The second-order valence-corrected chi connectivity index (χ2v) is 8.46. The lowest BCUT2D eigenvalue weighted by molar-refractivity contribution is -0.123. The van der Waals surface area contributed by atoms with Gasteiger partial charge < -0.3 is 4.74 Å². The molecule has 3 aliphatic rings. The van der Waals surface area contributed by atoms with Crippen molar-refractivity contribution < 1.29 is 19.1 Å². The molecule has 1 saturated carbocycles. The highest BCUT2D eigenvalue weighted by Gasteiger charge is 2.59. The molecule has 1 aliphatic heterocycles. The van der Waals surface area contributed by atoms with E-state index >= 15 is 0 Å². The van der Waals surface area contributed by atoms with Crippen LogP contribution in [0.15, 0.2) is 78.9 Å². The van der Waals surface area contributed by atoms with Gasteiger partial charge in [0.25, 0.3) is 0 Å². The Morgan fingerprint density at radius 3 is 2.26 bits per heavy atom. The van der Waals surface area contributed by atoms with Crippen LogP contribution in [-0.4, -0.2) is 17.8 Å². The van der Waals surface area contributed by atoms with Gasteiger partial charge in [0, 0.05) is 0 Å². The predicted molar refractivity (Wildman–Crippen MR) is 116 cm³/mol. The summed E-state index contributed by atoms with van der Waals surface area (Å²) < 4.78 is 5.56. The average Bonchev–Trinajstić information content (AvgIpc) is 3.47. The maximum Gasteiger partial charge on any atom is 0.343 e. The third-order valence-electron chi connectivity index (χ3n) is 6.74. The van der Waals surface area contributed by atoms with E-state index in [1.165, 1.54) is 4.90 Å². The molecule has 2 fully saturated rings. The van der Waals surface area contributed by atoms with Crippen LogP contribution in [0, 0.1) is 23.7 Å². The van der Waals surface area contributed by atoms with E-state index in [0.29, 0.717) is 17.0 Å². The van der Waals surface area contributed by atoms with Gasteiger partial charge in [-0.1, -0.05) is 48.6 Å². The minimum atomic E-state index is -0.529. The average molecular weight is 409 g/mol. The normalized spacial score (nSPS) is 26.0. The van der Waals surface area contributed by atoms with Crippen molar-refractivity contribution in [3.05, 3.63) is 84.4 Å². The van der Waals surface area contributed by atoms with Crippen molar-refractivity contribution in [2.75, 3.05) is 4.90 Å². The van der Waals surface area contributed by atoms with Gasteiger partial charge in [-0.05, 0) is 59.4 Å². The Bertz CT molecular complexity index is 1260. The number of benzene rings is 3. The molecular formula is C26H19NO4. The second kappa shape index (κ2) is 6.64. The predicted octanol–water partition coefficient (Wildman–Crippen LogP) is 4.37. The Hall–Kier alpha value is -3.73. The zero-order chi connectivity index (χ0) is 21.1. The van der Waals surface area contributed by atoms with Crippen molar-refractivity contribution in [1.82, 2.24) is 0 Å². The summed E-state index contributed by atoms with van der Waals surface area (Å²) in [4.78, 5) is 40.1. The van der Waals surface area contributed by atoms with E-state index in [9.17, 15) is 14.4 Å². The summed E-state index contributed by atoms with van der Waals surface area (Å²) >= 11 is 0. The topological polar surface area (TPSA) is 63.7 Å². The Kier molecular flexibility index (Phi) is 3.87. The monoisotopic (exact) mass is 409 g/mol. The zero-order valence-electron chi connectivity index (χ0n) is 16.6. The van der Waals surface area contributed by atoms with E-state index in [1.807, 2.05) is 36.4 Å². The molecule has 2 bridgehead atoms. The van der Waals surface area contributed by atoms with Gasteiger partial charge in [-0.3, -0.25) is 9.59 Å². The quantitative estimate of drug-likeness (QED) is 0.279. The summed E-state index contributed by atoms with van der Waals surface area (Å²) in [5, 5.41) is 2.04. The number of rotatable bonds is 3. The first-order chi connectivity index (χ1) is 15.1. The van der Waals surface area contributed by atoms with E-state index in [1.54, 1.807) is 30.3 Å². The Labute approximate surface area is 178 Å². The van der Waals surface area contributed by atoms with E-state index in [0.717, 1.165) is 17.2 Å². The molecule has 2 aliphatic carbocycles. The van der Waals surface area contributed by atoms with Gasteiger partial charge in [-0.15, -0.1) is 0 Å². The lowest BCUT2D eigenvalue weighted by atomic mass is 9.85. The summed E-state index contributed by atoms with van der Waals surface area (Å²) in [6.45, 7) is 0. The molecule has 0 unspecified atom stereocenters. The van der Waals surface area contributed by atoms with Crippen molar-refractivity contribution in [3.63, 3.8) is 0 Å².